The van der Waals surface area contributed by atoms with Crippen molar-refractivity contribution >= 4 is 17.0 Å². The van der Waals surface area contributed by atoms with Gasteiger partial charge in [-0.2, -0.15) is 0 Å². The molecule has 0 saturated heterocycles. The first-order valence-corrected chi connectivity index (χ1v) is 2.94. The van der Waals surface area contributed by atoms with E-state index in [1.54, 1.807) is 6.20 Å². The number of nitrogens with two attached hydrogens (primary N) is 1. The van der Waals surface area contributed by atoms with Crippen LogP contribution in [0.5, 0.6) is 0 Å². The van der Waals surface area contributed by atoms with Gasteiger partial charge in [-0.1, -0.05) is 0 Å². The molecule has 0 aliphatic rings. The highest BCUT2D eigenvalue weighted by atomic mass is 79.9. The average Bonchev–Trinajstić information content (AvgIpc) is 1.88. The van der Waals surface area contributed by atoms with Gasteiger partial charge in [0.2, 0.25) is 0 Å². The summed E-state index contributed by atoms with van der Waals surface area (Å²) in [5.41, 5.74) is 7.56. The molecule has 0 aliphatic heterocycles. The fourth-order valence-corrected chi connectivity index (χ4v) is 0.731. The van der Waals surface area contributed by atoms with Gasteiger partial charge in [-0.3, -0.25) is 4.98 Å². The first kappa shape index (κ1) is 9.59. The van der Waals surface area contributed by atoms with Crippen LogP contribution in [0.15, 0.2) is 18.3 Å². The van der Waals surface area contributed by atoms with E-state index in [-0.39, 0.29) is 17.0 Å². The van der Waals surface area contributed by atoms with Crippen molar-refractivity contribution in [2.75, 3.05) is 0 Å². The van der Waals surface area contributed by atoms with Gasteiger partial charge in [0.25, 0.3) is 0 Å². The fourth-order valence-electron chi connectivity index (χ4n) is 0.731. The Morgan fingerprint density at radius 3 is 2.70 bits per heavy atom. The van der Waals surface area contributed by atoms with Gasteiger partial charge in [-0.25, -0.2) is 0 Å². The quantitative estimate of drug-likeness (QED) is 0.749. The van der Waals surface area contributed by atoms with Crippen LogP contribution in [-0.4, -0.2) is 4.98 Å². The Morgan fingerprint density at radius 2 is 2.30 bits per heavy atom. The highest BCUT2D eigenvalue weighted by molar-refractivity contribution is 8.93. The third kappa shape index (κ3) is 2.45. The summed E-state index contributed by atoms with van der Waals surface area (Å²) < 4.78 is 0. The van der Waals surface area contributed by atoms with Crippen LogP contribution < -0.4 is 5.73 Å². The van der Waals surface area contributed by atoms with Crippen LogP contribution in [0.25, 0.3) is 0 Å². The van der Waals surface area contributed by atoms with E-state index in [0.29, 0.717) is 6.54 Å². The lowest BCUT2D eigenvalue weighted by molar-refractivity contribution is 1.04. The molecule has 1 aromatic heterocycles. The van der Waals surface area contributed by atoms with Gasteiger partial charge in [0.1, 0.15) is 0 Å². The zero-order valence-electron chi connectivity index (χ0n) is 5.87. The maximum absolute atomic E-state index is 5.39. The van der Waals surface area contributed by atoms with Crippen LogP contribution in [0, 0.1) is 6.92 Å². The molecule has 0 unspecified atom stereocenters. The molecule has 2 nitrogen and oxygen atoms in total. The van der Waals surface area contributed by atoms with E-state index in [4.69, 9.17) is 5.73 Å². The summed E-state index contributed by atoms with van der Waals surface area (Å²) in [6, 6.07) is 3.91. The normalized spacial score (nSPS) is 8.60. The lowest BCUT2D eigenvalue weighted by Gasteiger charge is -1.94. The second-order valence-electron chi connectivity index (χ2n) is 2.01. The average molecular weight is 203 g/mol. The standard InChI is InChI=1S/C7H10N2.BrH/c1-6-4-7(5-8)2-3-9-6;/h2-4H,5,8H2,1H3;1H. The third-order valence-electron chi connectivity index (χ3n) is 1.20. The zero-order valence-corrected chi connectivity index (χ0v) is 7.59. The van der Waals surface area contributed by atoms with Crippen molar-refractivity contribution in [3.05, 3.63) is 29.6 Å². The highest BCUT2D eigenvalue weighted by Gasteiger charge is 1.87. The molecule has 0 bridgehead atoms. The van der Waals surface area contributed by atoms with E-state index in [0.717, 1.165) is 11.3 Å². The summed E-state index contributed by atoms with van der Waals surface area (Å²) in [6.45, 7) is 2.56. The Kier molecular flexibility index (Phi) is 4.23. The van der Waals surface area contributed by atoms with Gasteiger partial charge in [0.05, 0.1) is 0 Å². The molecule has 56 valence electrons. The number of nitrogens with zero attached hydrogens (tertiary/aromatic N) is 1. The number of hydrogen-bond donors (Lipinski definition) is 1. The van der Waals surface area contributed by atoms with Crippen LogP contribution in [0.2, 0.25) is 0 Å². The predicted octanol–water partition coefficient (Wildman–Crippen LogP) is 1.43. The molecule has 3 heteroatoms. The van der Waals surface area contributed by atoms with Crippen molar-refractivity contribution in [2.24, 2.45) is 5.73 Å². The van der Waals surface area contributed by atoms with Crippen molar-refractivity contribution < 1.29 is 0 Å². The molecule has 0 saturated carbocycles. The van der Waals surface area contributed by atoms with E-state index in [9.17, 15) is 0 Å². The number of hydrogen-bond acceptors (Lipinski definition) is 2. The Morgan fingerprint density at radius 1 is 1.60 bits per heavy atom. The number of aryl methyl sites for hydroxylation is 1. The molecular weight excluding hydrogens is 192 g/mol. The minimum atomic E-state index is 0. The number of aromatic nitrogens is 1. The van der Waals surface area contributed by atoms with E-state index in [2.05, 4.69) is 4.98 Å². The largest absolute Gasteiger partial charge is 0.326 e. The molecule has 0 aliphatic carbocycles. The maximum atomic E-state index is 5.39. The summed E-state index contributed by atoms with van der Waals surface area (Å²) in [4.78, 5) is 4.03. The van der Waals surface area contributed by atoms with E-state index in [1.807, 2.05) is 19.1 Å². The Bertz CT molecular complexity index is 201. The summed E-state index contributed by atoms with van der Waals surface area (Å²) in [5, 5.41) is 0. The molecule has 0 aromatic carbocycles. The summed E-state index contributed by atoms with van der Waals surface area (Å²) in [5.74, 6) is 0. The lowest BCUT2D eigenvalue weighted by atomic mass is 10.2. The van der Waals surface area contributed by atoms with Gasteiger partial charge in [0.15, 0.2) is 0 Å². The molecule has 10 heavy (non-hydrogen) atoms. The smallest absolute Gasteiger partial charge is 0.0375 e. The monoisotopic (exact) mass is 202 g/mol. The SMILES string of the molecule is Br.Cc1cc(CN)ccn1. The molecule has 0 atom stereocenters. The van der Waals surface area contributed by atoms with Gasteiger partial charge in [0, 0.05) is 18.4 Å². The molecule has 0 fully saturated rings. The zero-order chi connectivity index (χ0) is 6.69. The van der Waals surface area contributed by atoms with Crippen molar-refractivity contribution in [2.45, 2.75) is 13.5 Å². The molecule has 1 rings (SSSR count). The van der Waals surface area contributed by atoms with Gasteiger partial charge < -0.3 is 5.73 Å². The van der Waals surface area contributed by atoms with Crippen molar-refractivity contribution in [1.82, 2.24) is 4.98 Å². The van der Waals surface area contributed by atoms with Crippen LogP contribution in [0.1, 0.15) is 11.3 Å². The van der Waals surface area contributed by atoms with Crippen molar-refractivity contribution in [1.29, 1.82) is 0 Å². The van der Waals surface area contributed by atoms with Gasteiger partial charge in [-0.05, 0) is 24.6 Å². The number of halogens is 1. The molecule has 1 aromatic rings. The predicted molar refractivity (Wildman–Crippen MR) is 47.2 cm³/mol. The Hall–Kier alpha value is -0.410. The summed E-state index contributed by atoms with van der Waals surface area (Å²) >= 11 is 0. The molecule has 0 spiro atoms. The second-order valence-corrected chi connectivity index (χ2v) is 2.01. The first-order valence-electron chi connectivity index (χ1n) is 2.94. The van der Waals surface area contributed by atoms with E-state index < -0.39 is 0 Å². The third-order valence-corrected chi connectivity index (χ3v) is 1.20. The molecule has 2 N–H and O–H groups in total. The van der Waals surface area contributed by atoms with Crippen LogP contribution >= 0.6 is 17.0 Å². The Balaban J connectivity index is 0.000000810. The summed E-state index contributed by atoms with van der Waals surface area (Å²) in [6.07, 6.45) is 1.78. The van der Waals surface area contributed by atoms with Gasteiger partial charge >= 0.3 is 0 Å². The molecule has 0 radical (unpaired) electrons. The van der Waals surface area contributed by atoms with Crippen LogP contribution in [-0.2, 0) is 6.54 Å². The topological polar surface area (TPSA) is 38.9 Å². The maximum Gasteiger partial charge on any atom is 0.0375 e. The number of rotatable bonds is 1. The Labute approximate surface area is 71.2 Å². The van der Waals surface area contributed by atoms with Crippen LogP contribution in [0.3, 0.4) is 0 Å². The minimum absolute atomic E-state index is 0. The summed E-state index contributed by atoms with van der Waals surface area (Å²) in [7, 11) is 0. The minimum Gasteiger partial charge on any atom is -0.326 e. The van der Waals surface area contributed by atoms with E-state index >= 15 is 0 Å². The second kappa shape index (κ2) is 4.41. The molecule has 0 amide bonds. The molecular formula is C7H11BrN2. The highest BCUT2D eigenvalue weighted by Crippen LogP contribution is 1.97. The van der Waals surface area contributed by atoms with Crippen LogP contribution in [0.4, 0.5) is 0 Å². The first-order chi connectivity index (χ1) is 4.33. The van der Waals surface area contributed by atoms with Crippen molar-refractivity contribution in [3.8, 4) is 0 Å². The number of pyridine rings is 1. The lowest BCUT2D eigenvalue weighted by Crippen LogP contribution is -1.96. The van der Waals surface area contributed by atoms with Crippen molar-refractivity contribution in [3.63, 3.8) is 0 Å². The fraction of sp³-hybridized carbons (Fsp3) is 0.286. The van der Waals surface area contributed by atoms with Gasteiger partial charge in [-0.15, -0.1) is 17.0 Å². The molecule has 1 heterocycles. The van der Waals surface area contributed by atoms with E-state index in [1.165, 1.54) is 0 Å².